The standard InChI is InChI=1S/C16H26N2O/c1-3-17-12-14-7-8-16(13(2)11-14)18(9-10-19)15-5-4-6-15/h7-8,11,15,17,19H,3-6,9-10,12H2,1-2H3. The van der Waals surface area contributed by atoms with Gasteiger partial charge in [0.2, 0.25) is 0 Å². The number of hydrogen-bond acceptors (Lipinski definition) is 3. The van der Waals surface area contributed by atoms with Crippen LogP contribution in [0.5, 0.6) is 0 Å². The molecule has 2 rings (SSSR count). The summed E-state index contributed by atoms with van der Waals surface area (Å²) in [6.45, 7) is 7.21. The molecule has 1 aromatic rings. The predicted octanol–water partition coefficient (Wildman–Crippen LogP) is 2.46. The van der Waals surface area contributed by atoms with Crippen molar-refractivity contribution in [2.24, 2.45) is 0 Å². The normalized spacial score (nSPS) is 15.3. The third-order valence-corrected chi connectivity index (χ3v) is 4.01. The summed E-state index contributed by atoms with van der Waals surface area (Å²) < 4.78 is 0. The number of nitrogens with one attached hydrogen (secondary N) is 1. The molecule has 0 aliphatic heterocycles. The maximum atomic E-state index is 9.28. The summed E-state index contributed by atoms with van der Waals surface area (Å²) in [4.78, 5) is 2.38. The van der Waals surface area contributed by atoms with Crippen LogP contribution in [0.25, 0.3) is 0 Å². The topological polar surface area (TPSA) is 35.5 Å². The van der Waals surface area contributed by atoms with Crippen LogP contribution in [0.4, 0.5) is 5.69 Å². The minimum absolute atomic E-state index is 0.231. The Morgan fingerprint density at radius 3 is 2.68 bits per heavy atom. The van der Waals surface area contributed by atoms with Crippen molar-refractivity contribution in [2.75, 3.05) is 24.6 Å². The minimum atomic E-state index is 0.231. The fourth-order valence-corrected chi connectivity index (χ4v) is 2.72. The molecule has 0 atom stereocenters. The molecule has 0 radical (unpaired) electrons. The van der Waals surface area contributed by atoms with Crippen LogP contribution in [0.3, 0.4) is 0 Å². The molecule has 0 heterocycles. The second kappa shape index (κ2) is 6.92. The first-order valence-electron chi connectivity index (χ1n) is 7.44. The smallest absolute Gasteiger partial charge is 0.0606 e. The van der Waals surface area contributed by atoms with E-state index in [0.717, 1.165) is 19.6 Å². The SMILES string of the molecule is CCNCc1ccc(N(CCO)C2CCC2)c(C)c1. The first-order chi connectivity index (χ1) is 9.26. The molecule has 19 heavy (non-hydrogen) atoms. The van der Waals surface area contributed by atoms with E-state index in [1.54, 1.807) is 0 Å². The molecule has 1 fully saturated rings. The predicted molar refractivity (Wildman–Crippen MR) is 80.6 cm³/mol. The highest BCUT2D eigenvalue weighted by Gasteiger charge is 2.25. The monoisotopic (exact) mass is 262 g/mol. The summed E-state index contributed by atoms with van der Waals surface area (Å²) in [5, 5.41) is 12.6. The maximum Gasteiger partial charge on any atom is 0.0606 e. The molecule has 0 saturated heterocycles. The molecule has 1 aliphatic rings. The Bertz CT molecular complexity index is 402. The fraction of sp³-hybridized carbons (Fsp3) is 0.625. The largest absolute Gasteiger partial charge is 0.395 e. The van der Waals surface area contributed by atoms with E-state index in [0.29, 0.717) is 6.04 Å². The van der Waals surface area contributed by atoms with Crippen LogP contribution in [-0.4, -0.2) is 30.8 Å². The van der Waals surface area contributed by atoms with Gasteiger partial charge in [0, 0.05) is 24.8 Å². The molecule has 1 aromatic carbocycles. The number of rotatable bonds is 7. The van der Waals surface area contributed by atoms with E-state index in [2.05, 4.69) is 42.3 Å². The highest BCUT2D eigenvalue weighted by molar-refractivity contribution is 5.55. The lowest BCUT2D eigenvalue weighted by Gasteiger charge is -2.39. The lowest BCUT2D eigenvalue weighted by molar-refractivity contribution is 0.283. The molecule has 1 saturated carbocycles. The Morgan fingerprint density at radius 1 is 1.37 bits per heavy atom. The maximum absolute atomic E-state index is 9.28. The summed E-state index contributed by atoms with van der Waals surface area (Å²) in [6.07, 6.45) is 3.85. The molecule has 0 spiro atoms. The van der Waals surface area contributed by atoms with Crippen LogP contribution < -0.4 is 10.2 Å². The van der Waals surface area contributed by atoms with Gasteiger partial charge in [-0.25, -0.2) is 0 Å². The summed E-state index contributed by atoms with van der Waals surface area (Å²) in [7, 11) is 0. The van der Waals surface area contributed by atoms with E-state index >= 15 is 0 Å². The van der Waals surface area contributed by atoms with Crippen molar-refractivity contribution in [3.8, 4) is 0 Å². The Labute approximate surface area is 116 Å². The van der Waals surface area contributed by atoms with Crippen molar-refractivity contribution >= 4 is 5.69 Å². The van der Waals surface area contributed by atoms with Crippen LogP contribution >= 0.6 is 0 Å². The summed E-state index contributed by atoms with van der Waals surface area (Å²) in [6, 6.07) is 7.32. The third-order valence-electron chi connectivity index (χ3n) is 4.01. The zero-order valence-corrected chi connectivity index (χ0v) is 12.2. The van der Waals surface area contributed by atoms with E-state index in [1.165, 1.54) is 36.1 Å². The van der Waals surface area contributed by atoms with Crippen LogP contribution in [0.15, 0.2) is 18.2 Å². The van der Waals surface area contributed by atoms with Crippen molar-refractivity contribution < 1.29 is 5.11 Å². The number of nitrogens with zero attached hydrogens (tertiary/aromatic N) is 1. The van der Waals surface area contributed by atoms with Gasteiger partial charge < -0.3 is 15.3 Å². The molecular weight excluding hydrogens is 236 g/mol. The second-order valence-electron chi connectivity index (χ2n) is 5.40. The fourth-order valence-electron chi connectivity index (χ4n) is 2.72. The lowest BCUT2D eigenvalue weighted by Crippen LogP contribution is -2.42. The molecule has 1 aliphatic carbocycles. The van der Waals surface area contributed by atoms with Crippen LogP contribution in [0.1, 0.15) is 37.3 Å². The van der Waals surface area contributed by atoms with E-state index in [4.69, 9.17) is 0 Å². The van der Waals surface area contributed by atoms with Crippen molar-refractivity contribution in [3.63, 3.8) is 0 Å². The van der Waals surface area contributed by atoms with E-state index in [1.807, 2.05) is 0 Å². The van der Waals surface area contributed by atoms with Gasteiger partial charge >= 0.3 is 0 Å². The van der Waals surface area contributed by atoms with Crippen LogP contribution in [0, 0.1) is 6.92 Å². The zero-order valence-electron chi connectivity index (χ0n) is 12.2. The average Bonchev–Trinajstić information content (AvgIpc) is 2.34. The first kappa shape index (κ1) is 14.4. The van der Waals surface area contributed by atoms with Gasteiger partial charge in [-0.1, -0.05) is 19.1 Å². The number of benzene rings is 1. The van der Waals surface area contributed by atoms with Crippen LogP contribution in [-0.2, 0) is 6.54 Å². The number of aryl methyl sites for hydroxylation is 1. The van der Waals surface area contributed by atoms with Gasteiger partial charge in [-0.15, -0.1) is 0 Å². The molecule has 0 unspecified atom stereocenters. The van der Waals surface area contributed by atoms with Crippen LogP contribution in [0.2, 0.25) is 0 Å². The van der Waals surface area contributed by atoms with Gasteiger partial charge in [0.25, 0.3) is 0 Å². The van der Waals surface area contributed by atoms with Gasteiger partial charge in [-0.2, -0.15) is 0 Å². The molecule has 0 amide bonds. The van der Waals surface area contributed by atoms with Gasteiger partial charge in [0.15, 0.2) is 0 Å². The highest BCUT2D eigenvalue weighted by Crippen LogP contribution is 2.31. The highest BCUT2D eigenvalue weighted by atomic mass is 16.3. The second-order valence-corrected chi connectivity index (χ2v) is 5.40. The zero-order chi connectivity index (χ0) is 13.7. The molecule has 3 nitrogen and oxygen atoms in total. The van der Waals surface area contributed by atoms with Crippen molar-refractivity contribution in [1.29, 1.82) is 0 Å². The Morgan fingerprint density at radius 2 is 2.16 bits per heavy atom. The summed E-state index contributed by atoms with van der Waals surface area (Å²) in [5.74, 6) is 0. The Balaban J connectivity index is 2.12. The first-order valence-corrected chi connectivity index (χ1v) is 7.44. The Kier molecular flexibility index (Phi) is 5.23. The molecule has 3 heteroatoms. The number of anilines is 1. The lowest BCUT2D eigenvalue weighted by atomic mass is 9.90. The summed E-state index contributed by atoms with van der Waals surface area (Å²) >= 11 is 0. The average molecular weight is 262 g/mol. The molecule has 2 N–H and O–H groups in total. The Hall–Kier alpha value is -1.06. The van der Waals surface area contributed by atoms with Crippen molar-refractivity contribution in [2.45, 2.75) is 45.7 Å². The summed E-state index contributed by atoms with van der Waals surface area (Å²) in [5.41, 5.74) is 3.94. The molecule has 0 aromatic heterocycles. The van der Waals surface area contributed by atoms with Crippen molar-refractivity contribution in [3.05, 3.63) is 29.3 Å². The quantitative estimate of drug-likeness (QED) is 0.792. The van der Waals surface area contributed by atoms with E-state index < -0.39 is 0 Å². The van der Waals surface area contributed by atoms with Gasteiger partial charge in [0.05, 0.1) is 6.61 Å². The van der Waals surface area contributed by atoms with E-state index in [-0.39, 0.29) is 6.61 Å². The number of aliphatic hydroxyl groups excluding tert-OH is 1. The van der Waals surface area contributed by atoms with E-state index in [9.17, 15) is 5.11 Å². The van der Waals surface area contributed by atoms with Gasteiger partial charge in [-0.3, -0.25) is 0 Å². The minimum Gasteiger partial charge on any atom is -0.395 e. The molecular formula is C16H26N2O. The number of hydrogen-bond donors (Lipinski definition) is 2. The molecule has 0 bridgehead atoms. The third kappa shape index (κ3) is 3.48. The number of aliphatic hydroxyl groups is 1. The van der Waals surface area contributed by atoms with Gasteiger partial charge in [-0.05, 0) is 49.9 Å². The van der Waals surface area contributed by atoms with Gasteiger partial charge in [0.1, 0.15) is 0 Å². The molecule has 106 valence electrons. The van der Waals surface area contributed by atoms with Crippen molar-refractivity contribution in [1.82, 2.24) is 5.32 Å².